The summed E-state index contributed by atoms with van der Waals surface area (Å²) in [4.78, 5) is 4.55. The Morgan fingerprint density at radius 3 is 2.80 bits per heavy atom. The molecule has 2 nitrogen and oxygen atoms in total. The van der Waals surface area contributed by atoms with Crippen LogP contribution in [0.25, 0.3) is 0 Å². The molecule has 0 aliphatic carbocycles. The number of benzene rings is 1. The van der Waals surface area contributed by atoms with E-state index in [1.807, 2.05) is 30.8 Å². The fourth-order valence-electron chi connectivity index (χ4n) is 2.29. The lowest BCUT2D eigenvalue weighted by Gasteiger charge is -2.16. The smallest absolute Gasteiger partial charge is 0.157 e. The maximum absolute atomic E-state index is 13.6. The number of aliphatic imine (C=N–C) groups is 1. The van der Waals surface area contributed by atoms with Crippen LogP contribution in [0.4, 0.5) is 4.39 Å². The van der Waals surface area contributed by atoms with Crippen molar-refractivity contribution in [2.45, 2.75) is 45.4 Å². The molecule has 110 valence electrons. The Balaban J connectivity index is 1.92. The van der Waals surface area contributed by atoms with E-state index in [1.54, 1.807) is 13.0 Å². The van der Waals surface area contributed by atoms with Crippen molar-refractivity contribution < 1.29 is 4.39 Å². The third-order valence-corrected chi connectivity index (χ3v) is 4.63. The third kappa shape index (κ3) is 3.98. The predicted molar refractivity (Wildman–Crippen MR) is 85.8 cm³/mol. The maximum atomic E-state index is 13.6. The van der Waals surface area contributed by atoms with E-state index < -0.39 is 0 Å². The van der Waals surface area contributed by atoms with Gasteiger partial charge in [0.25, 0.3) is 0 Å². The summed E-state index contributed by atoms with van der Waals surface area (Å²) in [6.07, 6.45) is 1.19. The van der Waals surface area contributed by atoms with Gasteiger partial charge in [0.15, 0.2) is 5.17 Å². The van der Waals surface area contributed by atoms with Crippen molar-refractivity contribution in [3.8, 4) is 0 Å². The van der Waals surface area contributed by atoms with Crippen LogP contribution in [0.15, 0.2) is 23.2 Å². The minimum atomic E-state index is -0.144. The van der Waals surface area contributed by atoms with E-state index in [1.165, 1.54) is 6.42 Å². The monoisotopic (exact) mass is 294 g/mol. The molecule has 1 aliphatic rings. The molecule has 20 heavy (non-hydrogen) atoms. The normalized spacial score (nSPS) is 20.1. The molecule has 2 rings (SSSR count). The summed E-state index contributed by atoms with van der Waals surface area (Å²) in [7, 11) is 0. The Bertz CT molecular complexity index is 499. The predicted octanol–water partition coefficient (Wildman–Crippen LogP) is 4.30. The van der Waals surface area contributed by atoms with Crippen LogP contribution in [0.5, 0.6) is 0 Å². The van der Waals surface area contributed by atoms with Crippen LogP contribution in [0, 0.1) is 18.7 Å². The molecule has 0 saturated carbocycles. The summed E-state index contributed by atoms with van der Waals surface area (Å²) >= 11 is 1.81. The highest BCUT2D eigenvalue weighted by atomic mass is 32.2. The van der Waals surface area contributed by atoms with Crippen LogP contribution >= 0.6 is 11.8 Å². The molecule has 0 amide bonds. The first kappa shape index (κ1) is 15.4. The Morgan fingerprint density at radius 2 is 2.15 bits per heavy atom. The first-order valence-corrected chi connectivity index (χ1v) is 8.07. The van der Waals surface area contributed by atoms with Gasteiger partial charge < -0.3 is 5.32 Å². The van der Waals surface area contributed by atoms with Crippen LogP contribution in [0.3, 0.4) is 0 Å². The van der Waals surface area contributed by atoms with Gasteiger partial charge in [0, 0.05) is 5.25 Å². The van der Waals surface area contributed by atoms with Crippen molar-refractivity contribution >= 4 is 16.9 Å². The minimum Gasteiger partial charge on any atom is -0.358 e. The Kier molecular flexibility index (Phi) is 5.08. The molecule has 1 N–H and O–H groups in total. The quantitative estimate of drug-likeness (QED) is 0.895. The first-order chi connectivity index (χ1) is 9.45. The summed E-state index contributed by atoms with van der Waals surface area (Å²) in [6, 6.07) is 5.49. The number of hydrogen-bond donors (Lipinski definition) is 1. The molecular formula is C16H23FN2S. The van der Waals surface area contributed by atoms with Crippen LogP contribution in [-0.4, -0.2) is 17.0 Å². The number of halogens is 1. The zero-order chi connectivity index (χ0) is 14.7. The van der Waals surface area contributed by atoms with Gasteiger partial charge in [-0.15, -0.1) is 0 Å². The highest BCUT2D eigenvalue weighted by molar-refractivity contribution is 8.14. The van der Waals surface area contributed by atoms with Gasteiger partial charge in [-0.25, -0.2) is 4.39 Å². The van der Waals surface area contributed by atoms with Crippen LogP contribution < -0.4 is 5.32 Å². The summed E-state index contributed by atoms with van der Waals surface area (Å²) in [5.74, 6) is 0.556. The van der Waals surface area contributed by atoms with Crippen LogP contribution in [0.1, 0.15) is 44.4 Å². The van der Waals surface area contributed by atoms with E-state index in [0.717, 1.165) is 17.3 Å². The Labute approximate surface area is 125 Å². The topological polar surface area (TPSA) is 24.4 Å². The summed E-state index contributed by atoms with van der Waals surface area (Å²) in [5, 5.41) is 4.96. The molecule has 4 heteroatoms. The fourth-order valence-corrected chi connectivity index (χ4v) is 3.63. The van der Waals surface area contributed by atoms with Gasteiger partial charge in [-0.3, -0.25) is 4.99 Å². The van der Waals surface area contributed by atoms with Crippen LogP contribution in [-0.2, 0) is 0 Å². The molecule has 1 aromatic rings. The molecule has 2 atom stereocenters. The molecule has 0 radical (unpaired) electrons. The highest BCUT2D eigenvalue weighted by Crippen LogP contribution is 2.27. The highest BCUT2D eigenvalue weighted by Gasteiger charge is 2.21. The summed E-state index contributed by atoms with van der Waals surface area (Å²) in [5.41, 5.74) is 1.65. The maximum Gasteiger partial charge on any atom is 0.157 e. The van der Waals surface area contributed by atoms with Crippen molar-refractivity contribution in [3.63, 3.8) is 0 Å². The Hall–Kier alpha value is -1.03. The van der Waals surface area contributed by atoms with E-state index in [4.69, 9.17) is 0 Å². The molecule has 0 fully saturated rings. The number of hydrogen-bond acceptors (Lipinski definition) is 3. The second kappa shape index (κ2) is 6.61. The van der Waals surface area contributed by atoms with Gasteiger partial charge in [0.1, 0.15) is 5.82 Å². The van der Waals surface area contributed by atoms with Crippen molar-refractivity contribution in [3.05, 3.63) is 35.1 Å². The zero-order valence-electron chi connectivity index (χ0n) is 12.6. The second-order valence-electron chi connectivity index (χ2n) is 5.89. The SMILES string of the molecule is Cc1ccc(C(C)NC2=NCC(CC(C)C)S2)cc1F. The van der Waals surface area contributed by atoms with Crippen molar-refractivity contribution in [2.75, 3.05) is 6.54 Å². The van der Waals surface area contributed by atoms with E-state index in [-0.39, 0.29) is 11.9 Å². The average Bonchev–Trinajstić information content (AvgIpc) is 2.79. The molecular weight excluding hydrogens is 271 g/mol. The summed E-state index contributed by atoms with van der Waals surface area (Å²) in [6.45, 7) is 9.20. The molecule has 1 aromatic carbocycles. The molecule has 1 heterocycles. The molecule has 0 saturated heterocycles. The standard InChI is InChI=1S/C16H23FN2S/c1-10(2)7-14-9-18-16(20-14)19-12(4)13-6-5-11(3)15(17)8-13/h5-6,8,10,12,14H,7,9H2,1-4H3,(H,18,19). The van der Waals surface area contributed by atoms with E-state index in [9.17, 15) is 4.39 Å². The van der Waals surface area contributed by atoms with Gasteiger partial charge in [-0.2, -0.15) is 0 Å². The number of amidine groups is 1. The van der Waals surface area contributed by atoms with Gasteiger partial charge in [0.05, 0.1) is 12.6 Å². The lowest BCUT2D eigenvalue weighted by molar-refractivity contribution is 0.575. The van der Waals surface area contributed by atoms with Gasteiger partial charge in [-0.05, 0) is 43.4 Å². The lowest BCUT2D eigenvalue weighted by Crippen LogP contribution is -2.23. The fraction of sp³-hybridized carbons (Fsp3) is 0.562. The van der Waals surface area contributed by atoms with Gasteiger partial charge in [-0.1, -0.05) is 37.7 Å². The van der Waals surface area contributed by atoms with Gasteiger partial charge >= 0.3 is 0 Å². The third-order valence-electron chi connectivity index (χ3n) is 3.49. The molecule has 0 spiro atoms. The zero-order valence-corrected chi connectivity index (χ0v) is 13.4. The lowest BCUT2D eigenvalue weighted by atomic mass is 10.1. The number of nitrogens with one attached hydrogen (secondary N) is 1. The molecule has 0 aromatic heterocycles. The first-order valence-electron chi connectivity index (χ1n) is 7.19. The van der Waals surface area contributed by atoms with E-state index in [0.29, 0.717) is 16.7 Å². The number of aryl methyl sites for hydroxylation is 1. The summed E-state index contributed by atoms with van der Waals surface area (Å²) < 4.78 is 13.6. The molecule has 1 aliphatic heterocycles. The minimum absolute atomic E-state index is 0.0779. The van der Waals surface area contributed by atoms with E-state index in [2.05, 4.69) is 24.2 Å². The molecule has 0 bridgehead atoms. The number of rotatable bonds is 4. The number of nitrogens with zero attached hydrogens (tertiary/aromatic N) is 1. The number of thioether (sulfide) groups is 1. The van der Waals surface area contributed by atoms with Gasteiger partial charge in [0.2, 0.25) is 0 Å². The van der Waals surface area contributed by atoms with E-state index >= 15 is 0 Å². The van der Waals surface area contributed by atoms with Crippen molar-refractivity contribution in [1.82, 2.24) is 5.32 Å². The molecule has 2 unspecified atom stereocenters. The largest absolute Gasteiger partial charge is 0.358 e. The van der Waals surface area contributed by atoms with Crippen LogP contribution in [0.2, 0.25) is 0 Å². The average molecular weight is 294 g/mol. The second-order valence-corrected chi connectivity index (χ2v) is 7.18. The Morgan fingerprint density at radius 1 is 1.40 bits per heavy atom. The van der Waals surface area contributed by atoms with Crippen molar-refractivity contribution in [2.24, 2.45) is 10.9 Å². The van der Waals surface area contributed by atoms with Crippen molar-refractivity contribution in [1.29, 1.82) is 0 Å².